The normalized spacial score (nSPS) is 13.1. The number of carbonyl (C=O) groups excluding carboxylic acids is 1. The average Bonchev–Trinajstić information content (AvgIpc) is 3.10. The van der Waals surface area contributed by atoms with Crippen molar-refractivity contribution in [1.82, 2.24) is 4.98 Å². The van der Waals surface area contributed by atoms with Crippen molar-refractivity contribution in [3.05, 3.63) is 75.3 Å². The Bertz CT molecular complexity index is 930. The molecular formula is C21H19ClN2O2S. The van der Waals surface area contributed by atoms with E-state index in [1.54, 1.807) is 23.5 Å². The highest BCUT2D eigenvalue weighted by atomic mass is 35.5. The summed E-state index contributed by atoms with van der Waals surface area (Å²) in [5.74, 6) is 0.346. The fourth-order valence-corrected chi connectivity index (χ4v) is 4.26. The number of hydrogen-bond acceptors (Lipinski definition) is 4. The molecule has 27 heavy (non-hydrogen) atoms. The summed E-state index contributed by atoms with van der Waals surface area (Å²) in [7, 11) is 0. The molecule has 0 bridgehead atoms. The standard InChI is InChI=1S/C21H19ClN2O2S/c22-15-11-9-14(10-12-15)13-26-18-7-3-1-5-16(18)20(25)24-21-23-17-6-2-4-8-19(17)27-21/h1,3,5,7,9-12H,2,4,6,8,13H2,(H,23,24,25). The molecule has 138 valence electrons. The van der Waals surface area contributed by atoms with Crippen LogP contribution in [0.2, 0.25) is 5.02 Å². The molecule has 0 unspecified atom stereocenters. The number of ether oxygens (including phenoxy) is 1. The SMILES string of the molecule is O=C(Nc1nc2c(s1)CCCC2)c1ccccc1OCc1ccc(Cl)cc1. The lowest BCUT2D eigenvalue weighted by molar-refractivity contribution is 0.102. The van der Waals surface area contributed by atoms with Gasteiger partial charge >= 0.3 is 0 Å². The topological polar surface area (TPSA) is 51.2 Å². The fourth-order valence-electron chi connectivity index (χ4n) is 3.09. The van der Waals surface area contributed by atoms with Crippen molar-refractivity contribution in [3.8, 4) is 5.75 Å². The van der Waals surface area contributed by atoms with Gasteiger partial charge in [-0.1, -0.05) is 35.9 Å². The summed E-state index contributed by atoms with van der Waals surface area (Å²) < 4.78 is 5.88. The van der Waals surface area contributed by atoms with Crippen LogP contribution in [0.1, 0.15) is 39.3 Å². The lowest BCUT2D eigenvalue weighted by Gasteiger charge is -2.11. The molecule has 4 nitrogen and oxygen atoms in total. The lowest BCUT2D eigenvalue weighted by atomic mass is 10.0. The number of hydrogen-bond donors (Lipinski definition) is 1. The van der Waals surface area contributed by atoms with E-state index in [0.29, 0.717) is 28.1 Å². The highest BCUT2D eigenvalue weighted by molar-refractivity contribution is 7.15. The predicted molar refractivity (Wildman–Crippen MR) is 109 cm³/mol. The zero-order valence-electron chi connectivity index (χ0n) is 14.7. The number of carbonyl (C=O) groups is 1. The highest BCUT2D eigenvalue weighted by Gasteiger charge is 2.18. The molecule has 1 N–H and O–H groups in total. The van der Waals surface area contributed by atoms with E-state index in [4.69, 9.17) is 16.3 Å². The van der Waals surface area contributed by atoms with Gasteiger partial charge in [0.2, 0.25) is 0 Å². The Hall–Kier alpha value is -2.37. The Morgan fingerprint density at radius 2 is 1.89 bits per heavy atom. The van der Waals surface area contributed by atoms with Crippen LogP contribution >= 0.6 is 22.9 Å². The van der Waals surface area contributed by atoms with Gasteiger partial charge < -0.3 is 4.74 Å². The van der Waals surface area contributed by atoms with Gasteiger partial charge in [-0.25, -0.2) is 4.98 Å². The van der Waals surface area contributed by atoms with Gasteiger partial charge in [0.15, 0.2) is 5.13 Å². The van der Waals surface area contributed by atoms with Crippen molar-refractivity contribution in [2.45, 2.75) is 32.3 Å². The summed E-state index contributed by atoms with van der Waals surface area (Å²) >= 11 is 7.49. The van der Waals surface area contributed by atoms with E-state index in [1.165, 1.54) is 17.7 Å². The quantitative estimate of drug-likeness (QED) is 0.616. The summed E-state index contributed by atoms with van der Waals surface area (Å²) in [6.07, 6.45) is 4.43. The molecule has 1 aromatic heterocycles. The molecule has 1 aliphatic carbocycles. The molecule has 0 atom stereocenters. The smallest absolute Gasteiger partial charge is 0.261 e. The number of halogens is 1. The molecule has 0 saturated carbocycles. The van der Waals surface area contributed by atoms with Gasteiger partial charge in [-0.3, -0.25) is 10.1 Å². The maximum absolute atomic E-state index is 12.8. The first kappa shape index (κ1) is 18.0. The van der Waals surface area contributed by atoms with Crippen LogP contribution in [0.5, 0.6) is 5.75 Å². The molecule has 1 aliphatic rings. The van der Waals surface area contributed by atoms with Crippen LogP contribution in [0.3, 0.4) is 0 Å². The third kappa shape index (κ3) is 4.31. The first-order chi connectivity index (χ1) is 13.2. The predicted octanol–water partition coefficient (Wildman–Crippen LogP) is 5.51. The van der Waals surface area contributed by atoms with Crippen molar-refractivity contribution in [1.29, 1.82) is 0 Å². The Balaban J connectivity index is 1.47. The van der Waals surface area contributed by atoms with Crippen molar-refractivity contribution >= 4 is 34.0 Å². The second-order valence-corrected chi connectivity index (χ2v) is 7.98. The maximum atomic E-state index is 12.8. The van der Waals surface area contributed by atoms with Gasteiger partial charge in [0.05, 0.1) is 11.3 Å². The average molecular weight is 399 g/mol. The molecule has 0 spiro atoms. The third-order valence-electron chi connectivity index (χ3n) is 4.51. The number of rotatable bonds is 5. The molecule has 0 radical (unpaired) electrons. The summed E-state index contributed by atoms with van der Waals surface area (Å²) in [4.78, 5) is 18.6. The molecule has 6 heteroatoms. The third-order valence-corrected chi connectivity index (χ3v) is 5.83. The minimum Gasteiger partial charge on any atom is -0.488 e. The number of thiazole rings is 1. The van der Waals surface area contributed by atoms with E-state index in [0.717, 1.165) is 24.1 Å². The van der Waals surface area contributed by atoms with Crippen molar-refractivity contribution in [2.75, 3.05) is 5.32 Å². The van der Waals surface area contributed by atoms with Crippen LogP contribution in [-0.4, -0.2) is 10.9 Å². The molecule has 0 fully saturated rings. The molecule has 3 aromatic rings. The molecule has 4 rings (SSSR count). The second kappa shape index (κ2) is 8.11. The van der Waals surface area contributed by atoms with Crippen molar-refractivity contribution in [3.63, 3.8) is 0 Å². The zero-order valence-corrected chi connectivity index (χ0v) is 16.3. The van der Waals surface area contributed by atoms with Crippen LogP contribution in [0, 0.1) is 0 Å². The van der Waals surface area contributed by atoms with Gasteiger partial charge in [0, 0.05) is 9.90 Å². The maximum Gasteiger partial charge on any atom is 0.261 e. The van der Waals surface area contributed by atoms with E-state index >= 15 is 0 Å². The second-order valence-electron chi connectivity index (χ2n) is 6.46. The van der Waals surface area contributed by atoms with Gasteiger partial charge in [0.25, 0.3) is 5.91 Å². The minimum absolute atomic E-state index is 0.201. The number of nitrogens with zero attached hydrogens (tertiary/aromatic N) is 1. The van der Waals surface area contributed by atoms with Gasteiger partial charge in [-0.2, -0.15) is 0 Å². The number of amides is 1. The van der Waals surface area contributed by atoms with Gasteiger partial charge in [0.1, 0.15) is 12.4 Å². The van der Waals surface area contributed by atoms with Crippen LogP contribution in [0.25, 0.3) is 0 Å². The van der Waals surface area contributed by atoms with Crippen LogP contribution < -0.4 is 10.1 Å². The Labute approximate surface area is 167 Å². The Kier molecular flexibility index (Phi) is 5.41. The Morgan fingerprint density at radius 3 is 2.70 bits per heavy atom. The number of anilines is 1. The number of aryl methyl sites for hydroxylation is 2. The van der Waals surface area contributed by atoms with E-state index in [2.05, 4.69) is 10.3 Å². The van der Waals surface area contributed by atoms with Crippen LogP contribution in [0.4, 0.5) is 5.13 Å². The summed E-state index contributed by atoms with van der Waals surface area (Å²) in [5.41, 5.74) is 2.62. The lowest BCUT2D eigenvalue weighted by Crippen LogP contribution is -2.13. The van der Waals surface area contributed by atoms with E-state index in [9.17, 15) is 4.79 Å². The molecule has 2 aromatic carbocycles. The molecule has 0 saturated heterocycles. The number of benzene rings is 2. The first-order valence-electron chi connectivity index (χ1n) is 8.95. The first-order valence-corrected chi connectivity index (χ1v) is 10.1. The number of fused-ring (bicyclic) bond motifs is 1. The van der Waals surface area contributed by atoms with Gasteiger partial charge in [-0.15, -0.1) is 11.3 Å². The largest absolute Gasteiger partial charge is 0.488 e. The monoisotopic (exact) mass is 398 g/mol. The Morgan fingerprint density at radius 1 is 1.11 bits per heavy atom. The summed E-state index contributed by atoms with van der Waals surface area (Å²) in [6, 6.07) is 14.7. The molecule has 0 aliphatic heterocycles. The van der Waals surface area contributed by atoms with Crippen molar-refractivity contribution in [2.24, 2.45) is 0 Å². The van der Waals surface area contributed by atoms with E-state index in [-0.39, 0.29) is 5.91 Å². The van der Waals surface area contributed by atoms with Gasteiger partial charge in [-0.05, 0) is 55.5 Å². The molecule has 1 amide bonds. The van der Waals surface area contributed by atoms with Crippen LogP contribution in [0.15, 0.2) is 48.5 Å². The molecular weight excluding hydrogens is 380 g/mol. The highest BCUT2D eigenvalue weighted by Crippen LogP contribution is 2.30. The van der Waals surface area contributed by atoms with Crippen LogP contribution in [-0.2, 0) is 19.4 Å². The number of para-hydroxylation sites is 1. The fraction of sp³-hybridized carbons (Fsp3) is 0.238. The minimum atomic E-state index is -0.201. The van der Waals surface area contributed by atoms with E-state index in [1.807, 2.05) is 36.4 Å². The van der Waals surface area contributed by atoms with E-state index < -0.39 is 0 Å². The molecule has 1 heterocycles. The number of nitrogens with one attached hydrogen (secondary N) is 1. The summed E-state index contributed by atoms with van der Waals surface area (Å²) in [6.45, 7) is 0.368. The number of aromatic nitrogens is 1. The van der Waals surface area contributed by atoms with Crippen molar-refractivity contribution < 1.29 is 9.53 Å². The zero-order chi connectivity index (χ0) is 18.6. The summed E-state index contributed by atoms with van der Waals surface area (Å²) in [5, 5.41) is 4.28.